The Bertz CT molecular complexity index is 869. The number of halogens is 1. The second-order valence-electron chi connectivity index (χ2n) is 4.36. The Balaban J connectivity index is 2.13. The molecule has 21 heavy (non-hydrogen) atoms. The van der Waals surface area contributed by atoms with E-state index in [1.54, 1.807) is 30.3 Å². The zero-order chi connectivity index (χ0) is 15.0. The highest BCUT2D eigenvalue weighted by Crippen LogP contribution is 2.28. The van der Waals surface area contributed by atoms with Crippen LogP contribution < -0.4 is 0 Å². The summed E-state index contributed by atoms with van der Waals surface area (Å²) in [7, 11) is 0. The molecular weight excluding hydrogens is 294 g/mol. The number of benzene rings is 2. The minimum absolute atomic E-state index is 0.0748. The van der Waals surface area contributed by atoms with E-state index < -0.39 is 16.6 Å². The smallest absolute Gasteiger partial charge is 0.397 e. The fraction of sp³-hybridized carbons (Fsp3) is 0. The standard InChI is InChI=1S/C15H8ClNO4/c16-12-6-5-11(9-3-1-2-4-10(9)12)15(18)13-7-8-14(21-13)17(19)20/h1-8H. The predicted molar refractivity (Wildman–Crippen MR) is 77.8 cm³/mol. The first-order valence-corrected chi connectivity index (χ1v) is 6.42. The van der Waals surface area contributed by atoms with Crippen molar-refractivity contribution in [3.05, 3.63) is 75.0 Å². The van der Waals surface area contributed by atoms with Crippen molar-refractivity contribution >= 4 is 34.0 Å². The van der Waals surface area contributed by atoms with Gasteiger partial charge < -0.3 is 4.42 Å². The zero-order valence-corrected chi connectivity index (χ0v) is 11.3. The Morgan fingerprint density at radius 2 is 1.76 bits per heavy atom. The average molecular weight is 302 g/mol. The van der Waals surface area contributed by atoms with Gasteiger partial charge in [0.1, 0.15) is 4.92 Å². The maximum atomic E-state index is 12.4. The third-order valence-corrected chi connectivity index (χ3v) is 3.44. The van der Waals surface area contributed by atoms with Gasteiger partial charge in [-0.05, 0) is 23.6 Å². The van der Waals surface area contributed by atoms with Gasteiger partial charge in [0.05, 0.1) is 6.07 Å². The van der Waals surface area contributed by atoms with Gasteiger partial charge in [-0.2, -0.15) is 0 Å². The van der Waals surface area contributed by atoms with Crippen LogP contribution in [0.3, 0.4) is 0 Å². The highest BCUT2D eigenvalue weighted by Gasteiger charge is 2.20. The molecule has 0 atom stereocenters. The largest absolute Gasteiger partial charge is 0.433 e. The molecule has 1 aromatic heterocycles. The second kappa shape index (κ2) is 5.03. The van der Waals surface area contributed by atoms with Gasteiger partial charge in [0.15, 0.2) is 5.76 Å². The lowest BCUT2D eigenvalue weighted by Gasteiger charge is -2.05. The van der Waals surface area contributed by atoms with Gasteiger partial charge in [-0.1, -0.05) is 35.9 Å². The average Bonchev–Trinajstić information content (AvgIpc) is 2.97. The van der Waals surface area contributed by atoms with Gasteiger partial charge in [0.2, 0.25) is 5.78 Å². The van der Waals surface area contributed by atoms with Crippen molar-refractivity contribution in [3.8, 4) is 0 Å². The molecule has 104 valence electrons. The van der Waals surface area contributed by atoms with E-state index >= 15 is 0 Å². The molecule has 0 bridgehead atoms. The van der Waals surface area contributed by atoms with E-state index in [1.165, 1.54) is 6.07 Å². The Kier molecular flexibility index (Phi) is 3.19. The van der Waals surface area contributed by atoms with E-state index in [2.05, 4.69) is 0 Å². The number of hydrogen-bond donors (Lipinski definition) is 0. The monoisotopic (exact) mass is 301 g/mol. The molecular formula is C15H8ClNO4. The summed E-state index contributed by atoms with van der Waals surface area (Å²) >= 11 is 6.10. The maximum Gasteiger partial charge on any atom is 0.433 e. The number of furan rings is 1. The van der Waals surface area contributed by atoms with E-state index in [1.807, 2.05) is 6.07 Å². The summed E-state index contributed by atoms with van der Waals surface area (Å²) in [6.07, 6.45) is 0. The zero-order valence-electron chi connectivity index (χ0n) is 10.6. The van der Waals surface area contributed by atoms with E-state index in [0.29, 0.717) is 16.0 Å². The minimum atomic E-state index is -0.684. The lowest BCUT2D eigenvalue weighted by molar-refractivity contribution is -0.402. The van der Waals surface area contributed by atoms with Crippen LogP contribution in [0.2, 0.25) is 5.02 Å². The number of carbonyl (C=O) groups excluding carboxylic acids is 1. The molecule has 0 unspecified atom stereocenters. The molecule has 3 rings (SSSR count). The molecule has 0 amide bonds. The number of nitro groups is 1. The van der Waals surface area contributed by atoms with E-state index in [-0.39, 0.29) is 5.76 Å². The summed E-state index contributed by atoms with van der Waals surface area (Å²) < 4.78 is 4.96. The molecule has 0 saturated heterocycles. The maximum absolute atomic E-state index is 12.4. The van der Waals surface area contributed by atoms with Crippen LogP contribution in [-0.4, -0.2) is 10.7 Å². The third-order valence-electron chi connectivity index (χ3n) is 3.11. The van der Waals surface area contributed by atoms with Crippen molar-refractivity contribution in [2.45, 2.75) is 0 Å². The highest BCUT2D eigenvalue weighted by molar-refractivity contribution is 6.36. The summed E-state index contributed by atoms with van der Waals surface area (Å²) in [5.41, 5.74) is 0.388. The molecule has 0 spiro atoms. The van der Waals surface area contributed by atoms with Crippen molar-refractivity contribution in [1.82, 2.24) is 0 Å². The summed E-state index contributed by atoms with van der Waals surface area (Å²) in [6.45, 7) is 0. The fourth-order valence-corrected chi connectivity index (χ4v) is 2.37. The molecule has 6 heteroatoms. The minimum Gasteiger partial charge on any atom is -0.397 e. The third kappa shape index (κ3) is 2.28. The van der Waals surface area contributed by atoms with Crippen LogP contribution in [0.25, 0.3) is 10.8 Å². The van der Waals surface area contributed by atoms with Gasteiger partial charge in [-0.3, -0.25) is 14.9 Å². The quantitative estimate of drug-likeness (QED) is 0.412. The number of nitrogens with zero attached hydrogens (tertiary/aromatic N) is 1. The molecule has 0 saturated carbocycles. The summed E-state index contributed by atoms with van der Waals surface area (Å²) in [4.78, 5) is 22.4. The Morgan fingerprint density at radius 3 is 2.43 bits per heavy atom. The lowest BCUT2D eigenvalue weighted by atomic mass is 10.0. The van der Waals surface area contributed by atoms with Crippen molar-refractivity contribution in [2.75, 3.05) is 0 Å². The van der Waals surface area contributed by atoms with Crippen molar-refractivity contribution < 1.29 is 14.1 Å². The summed E-state index contributed by atoms with van der Waals surface area (Å²) in [6, 6.07) is 12.8. The first-order valence-electron chi connectivity index (χ1n) is 6.04. The summed E-state index contributed by atoms with van der Waals surface area (Å²) in [5.74, 6) is -0.957. The Hall–Kier alpha value is -2.66. The molecule has 5 nitrogen and oxygen atoms in total. The molecule has 0 aliphatic carbocycles. The molecule has 0 aliphatic heterocycles. The summed E-state index contributed by atoms with van der Waals surface area (Å²) in [5, 5.41) is 12.6. The van der Waals surface area contributed by atoms with Crippen LogP contribution in [0.1, 0.15) is 16.1 Å². The van der Waals surface area contributed by atoms with Crippen LogP contribution in [-0.2, 0) is 0 Å². The van der Waals surface area contributed by atoms with E-state index in [4.69, 9.17) is 16.0 Å². The van der Waals surface area contributed by atoms with E-state index in [9.17, 15) is 14.9 Å². The van der Waals surface area contributed by atoms with Gasteiger partial charge in [0.25, 0.3) is 0 Å². The highest BCUT2D eigenvalue weighted by atomic mass is 35.5. The molecule has 2 aromatic carbocycles. The van der Waals surface area contributed by atoms with Gasteiger partial charge >= 0.3 is 5.88 Å². The Labute approximate surface area is 123 Å². The molecule has 3 aromatic rings. The van der Waals surface area contributed by atoms with Crippen LogP contribution in [0.5, 0.6) is 0 Å². The van der Waals surface area contributed by atoms with Crippen molar-refractivity contribution in [3.63, 3.8) is 0 Å². The normalized spacial score (nSPS) is 10.7. The first-order chi connectivity index (χ1) is 10.1. The number of fused-ring (bicyclic) bond motifs is 1. The molecule has 0 aliphatic rings. The first kappa shape index (κ1) is 13.3. The van der Waals surface area contributed by atoms with Gasteiger partial charge in [-0.15, -0.1) is 0 Å². The van der Waals surface area contributed by atoms with Crippen LogP contribution in [0.4, 0.5) is 5.88 Å². The number of hydrogen-bond acceptors (Lipinski definition) is 4. The molecule has 0 N–H and O–H groups in total. The van der Waals surface area contributed by atoms with Crippen LogP contribution in [0, 0.1) is 10.1 Å². The number of ketones is 1. The molecule has 0 radical (unpaired) electrons. The fourth-order valence-electron chi connectivity index (χ4n) is 2.14. The van der Waals surface area contributed by atoms with Gasteiger partial charge in [0, 0.05) is 16.0 Å². The number of carbonyl (C=O) groups is 1. The van der Waals surface area contributed by atoms with Gasteiger partial charge in [-0.25, -0.2) is 0 Å². The Morgan fingerprint density at radius 1 is 1.05 bits per heavy atom. The van der Waals surface area contributed by atoms with Crippen LogP contribution >= 0.6 is 11.6 Å². The van der Waals surface area contributed by atoms with Crippen LogP contribution in [0.15, 0.2) is 52.9 Å². The second-order valence-corrected chi connectivity index (χ2v) is 4.77. The lowest BCUT2D eigenvalue weighted by Crippen LogP contribution is -2.00. The number of rotatable bonds is 3. The SMILES string of the molecule is O=C(c1ccc([N+](=O)[O-])o1)c1ccc(Cl)c2ccccc12. The van der Waals surface area contributed by atoms with Crippen molar-refractivity contribution in [1.29, 1.82) is 0 Å². The van der Waals surface area contributed by atoms with E-state index in [0.717, 1.165) is 11.5 Å². The predicted octanol–water partition coefficient (Wildman–Crippen LogP) is 4.23. The molecule has 1 heterocycles. The van der Waals surface area contributed by atoms with Crippen molar-refractivity contribution in [2.24, 2.45) is 0 Å². The topological polar surface area (TPSA) is 73.3 Å². The molecule has 0 fully saturated rings.